The van der Waals surface area contributed by atoms with Crippen molar-refractivity contribution in [1.82, 2.24) is 14.5 Å². The van der Waals surface area contributed by atoms with E-state index in [9.17, 15) is 4.39 Å². The van der Waals surface area contributed by atoms with E-state index in [1.165, 1.54) is 12.1 Å². The second kappa shape index (κ2) is 6.73. The molecule has 0 bridgehead atoms. The van der Waals surface area contributed by atoms with Crippen molar-refractivity contribution in [2.24, 2.45) is 5.73 Å². The van der Waals surface area contributed by atoms with Gasteiger partial charge in [-0.05, 0) is 37.1 Å². The molecule has 4 rings (SSSR count). The van der Waals surface area contributed by atoms with Crippen molar-refractivity contribution in [1.29, 1.82) is 0 Å². The zero-order valence-electron chi connectivity index (χ0n) is 14.3. The molecule has 0 radical (unpaired) electrons. The first-order valence-electron chi connectivity index (χ1n) is 8.63. The van der Waals surface area contributed by atoms with E-state index in [0.29, 0.717) is 12.2 Å². The van der Waals surface area contributed by atoms with Gasteiger partial charge in [-0.1, -0.05) is 6.07 Å². The number of hydrogen-bond donors (Lipinski definition) is 1. The lowest BCUT2D eigenvalue weighted by atomic mass is 10.1. The first kappa shape index (κ1) is 16.5. The maximum atomic E-state index is 13.8. The van der Waals surface area contributed by atoms with Gasteiger partial charge in [-0.3, -0.25) is 4.98 Å². The van der Waals surface area contributed by atoms with E-state index >= 15 is 0 Å². The minimum Gasteiger partial charge on any atom is -0.341 e. The third-order valence-electron chi connectivity index (χ3n) is 4.69. The number of nitrogens with zero attached hydrogens (tertiary/aromatic N) is 5. The Labute approximate surface area is 150 Å². The van der Waals surface area contributed by atoms with Crippen molar-refractivity contribution in [2.75, 3.05) is 18.0 Å². The summed E-state index contributed by atoms with van der Waals surface area (Å²) in [6.45, 7) is 9.11. The number of rotatable bonds is 3. The van der Waals surface area contributed by atoms with Gasteiger partial charge >= 0.3 is 0 Å². The molecule has 0 unspecified atom stereocenters. The van der Waals surface area contributed by atoms with Crippen molar-refractivity contribution < 1.29 is 4.39 Å². The van der Waals surface area contributed by atoms with Gasteiger partial charge in [0.15, 0.2) is 0 Å². The molecule has 0 spiro atoms. The predicted molar refractivity (Wildman–Crippen MR) is 98.7 cm³/mol. The number of halogens is 1. The fraction of sp³-hybridized carbons (Fsp3) is 0.316. The molecule has 3 aromatic rings. The molecular formula is C19H19FN6. The normalized spacial score (nSPS) is 17.4. The van der Waals surface area contributed by atoms with Crippen LogP contribution in [0, 0.1) is 12.4 Å². The highest BCUT2D eigenvalue weighted by molar-refractivity contribution is 5.79. The molecule has 2 aromatic heterocycles. The van der Waals surface area contributed by atoms with Crippen LogP contribution in [0.15, 0.2) is 36.5 Å². The quantitative estimate of drug-likeness (QED) is 0.737. The Bertz CT molecular complexity index is 972. The predicted octanol–water partition coefficient (Wildman–Crippen LogP) is 3.10. The van der Waals surface area contributed by atoms with Crippen molar-refractivity contribution >= 4 is 22.7 Å². The number of nitrogens with two attached hydrogens (primary N) is 1. The van der Waals surface area contributed by atoms with Crippen LogP contribution in [0.4, 0.5) is 16.0 Å². The molecule has 1 aliphatic heterocycles. The summed E-state index contributed by atoms with van der Waals surface area (Å²) < 4.78 is 15.8. The Morgan fingerprint density at radius 3 is 2.92 bits per heavy atom. The van der Waals surface area contributed by atoms with Crippen molar-refractivity contribution in [3.8, 4) is 0 Å². The van der Waals surface area contributed by atoms with Crippen LogP contribution >= 0.6 is 0 Å². The minimum atomic E-state index is -0.295. The summed E-state index contributed by atoms with van der Waals surface area (Å²) in [5.74, 6) is 0.494. The number of benzene rings is 1. The maximum absolute atomic E-state index is 13.8. The molecule has 26 heavy (non-hydrogen) atoms. The van der Waals surface area contributed by atoms with E-state index in [4.69, 9.17) is 17.3 Å². The molecule has 3 heterocycles. The molecule has 1 atom stereocenters. The van der Waals surface area contributed by atoms with Crippen LogP contribution < -0.4 is 10.6 Å². The number of aromatic nitrogens is 3. The molecule has 0 aliphatic carbocycles. The highest BCUT2D eigenvalue weighted by Gasteiger charge is 2.23. The molecule has 0 saturated carbocycles. The smallest absolute Gasteiger partial charge is 0.206 e. The molecule has 1 aliphatic rings. The Hall–Kier alpha value is -2.98. The van der Waals surface area contributed by atoms with Gasteiger partial charge in [0.1, 0.15) is 5.82 Å². The lowest BCUT2D eigenvalue weighted by Crippen LogP contribution is -2.44. The molecule has 1 aromatic carbocycles. The Balaban J connectivity index is 1.77. The second-order valence-corrected chi connectivity index (χ2v) is 6.60. The lowest BCUT2D eigenvalue weighted by molar-refractivity contribution is 0.495. The average molecular weight is 350 g/mol. The van der Waals surface area contributed by atoms with Crippen LogP contribution in [-0.4, -0.2) is 33.7 Å². The Morgan fingerprint density at radius 1 is 1.31 bits per heavy atom. The summed E-state index contributed by atoms with van der Waals surface area (Å²) >= 11 is 0. The Morgan fingerprint density at radius 2 is 2.19 bits per heavy atom. The zero-order chi connectivity index (χ0) is 18.1. The van der Waals surface area contributed by atoms with Crippen LogP contribution in [0.25, 0.3) is 15.9 Å². The number of fused-ring (bicyclic) bond motifs is 1. The van der Waals surface area contributed by atoms with E-state index < -0.39 is 0 Å². The topological polar surface area (TPSA) is 64.3 Å². The zero-order valence-corrected chi connectivity index (χ0v) is 14.3. The number of pyridine rings is 1. The molecule has 0 amide bonds. The summed E-state index contributed by atoms with van der Waals surface area (Å²) in [6.07, 6.45) is 3.57. The minimum absolute atomic E-state index is 0.116. The second-order valence-electron chi connectivity index (χ2n) is 6.60. The number of piperidine rings is 1. The molecule has 1 fully saturated rings. The first-order chi connectivity index (χ1) is 12.6. The summed E-state index contributed by atoms with van der Waals surface area (Å²) in [7, 11) is 0. The number of imidazole rings is 1. The summed E-state index contributed by atoms with van der Waals surface area (Å²) in [5, 5.41) is 0. The van der Waals surface area contributed by atoms with Gasteiger partial charge in [0.25, 0.3) is 0 Å². The van der Waals surface area contributed by atoms with Gasteiger partial charge in [0.2, 0.25) is 11.6 Å². The van der Waals surface area contributed by atoms with Crippen molar-refractivity contribution in [3.05, 3.63) is 59.5 Å². The van der Waals surface area contributed by atoms with Crippen LogP contribution in [-0.2, 0) is 6.54 Å². The summed E-state index contributed by atoms with van der Waals surface area (Å²) in [5.41, 5.74) is 8.91. The van der Waals surface area contributed by atoms with Crippen molar-refractivity contribution in [3.63, 3.8) is 0 Å². The van der Waals surface area contributed by atoms with Gasteiger partial charge in [-0.25, -0.2) is 14.2 Å². The van der Waals surface area contributed by atoms with E-state index in [1.807, 2.05) is 10.6 Å². The SMILES string of the molecule is [C-]#[N+]c1ccc(Cn2c(N3CCC[C@H](N)C3)nc3ccc(F)cc32)nc1. The average Bonchev–Trinajstić information content (AvgIpc) is 3.00. The van der Waals surface area contributed by atoms with Gasteiger partial charge < -0.3 is 15.2 Å². The maximum Gasteiger partial charge on any atom is 0.206 e. The van der Waals surface area contributed by atoms with Crippen molar-refractivity contribution in [2.45, 2.75) is 25.4 Å². The molecule has 1 saturated heterocycles. The lowest BCUT2D eigenvalue weighted by Gasteiger charge is -2.32. The largest absolute Gasteiger partial charge is 0.341 e. The van der Waals surface area contributed by atoms with Crippen LogP contribution in [0.5, 0.6) is 0 Å². The molecule has 6 nitrogen and oxygen atoms in total. The highest BCUT2D eigenvalue weighted by atomic mass is 19.1. The monoisotopic (exact) mass is 350 g/mol. The fourth-order valence-electron chi connectivity index (χ4n) is 3.41. The third kappa shape index (κ3) is 3.11. The molecular weight excluding hydrogens is 331 g/mol. The van der Waals surface area contributed by atoms with E-state index in [1.54, 1.807) is 18.3 Å². The number of hydrogen-bond acceptors (Lipinski definition) is 4. The molecule has 2 N–H and O–H groups in total. The van der Waals surface area contributed by atoms with Crippen LogP contribution in [0.1, 0.15) is 18.5 Å². The van der Waals surface area contributed by atoms with E-state index in [-0.39, 0.29) is 11.9 Å². The summed E-state index contributed by atoms with van der Waals surface area (Å²) in [6, 6.07) is 8.31. The fourth-order valence-corrected chi connectivity index (χ4v) is 3.41. The standard InChI is InChI=1S/C19H19FN6/c1-22-15-5-6-16(23-10-15)12-26-18-9-13(20)4-7-17(18)24-19(26)25-8-2-3-14(21)11-25/h4-7,9-10,14H,2-3,8,11-12,21H2/t14-/m0/s1. The van der Waals surface area contributed by atoms with Gasteiger partial charge in [0.05, 0.1) is 29.8 Å². The van der Waals surface area contributed by atoms with Crippen LogP contribution in [0.2, 0.25) is 0 Å². The summed E-state index contributed by atoms with van der Waals surface area (Å²) in [4.78, 5) is 14.6. The first-order valence-corrected chi connectivity index (χ1v) is 8.63. The van der Waals surface area contributed by atoms with Gasteiger partial charge in [-0.15, -0.1) is 0 Å². The van der Waals surface area contributed by atoms with E-state index in [0.717, 1.165) is 48.6 Å². The number of anilines is 1. The Kier molecular flexibility index (Phi) is 4.27. The van der Waals surface area contributed by atoms with Crippen LogP contribution in [0.3, 0.4) is 0 Å². The third-order valence-corrected chi connectivity index (χ3v) is 4.69. The van der Waals surface area contributed by atoms with Gasteiger partial charge in [0, 0.05) is 25.3 Å². The highest BCUT2D eigenvalue weighted by Crippen LogP contribution is 2.27. The molecule has 7 heteroatoms. The van der Waals surface area contributed by atoms with Gasteiger partial charge in [-0.2, -0.15) is 0 Å². The molecule has 132 valence electrons. The van der Waals surface area contributed by atoms with E-state index in [2.05, 4.69) is 14.7 Å².